The van der Waals surface area contributed by atoms with Crippen LogP contribution in [0, 0.1) is 5.92 Å². The Morgan fingerprint density at radius 3 is 2.41 bits per heavy atom. The van der Waals surface area contributed by atoms with E-state index in [0.29, 0.717) is 0 Å². The molecule has 1 aliphatic heterocycles. The number of benzene rings is 1. The first-order chi connectivity index (χ1) is 10.2. The second kappa shape index (κ2) is 6.34. The number of likely N-dealkylation sites (tertiary alicyclic amines) is 1. The van der Waals surface area contributed by atoms with Gasteiger partial charge in [0.1, 0.15) is 5.75 Å². The van der Waals surface area contributed by atoms with Gasteiger partial charge >= 0.3 is 6.18 Å². The van der Waals surface area contributed by atoms with Gasteiger partial charge in [-0.15, -0.1) is 0 Å². The van der Waals surface area contributed by atoms with Crippen molar-refractivity contribution in [3.8, 4) is 5.75 Å². The smallest absolute Gasteiger partial charge is 0.414 e. The fraction of sp³-hybridized carbons (Fsp3) is 0.500. The number of hydrogen-bond acceptors (Lipinski definition) is 3. The number of piperidine rings is 1. The van der Waals surface area contributed by atoms with Gasteiger partial charge in [0.05, 0.1) is 5.02 Å². The average Bonchev–Trinajstić information content (AvgIpc) is 2.48. The van der Waals surface area contributed by atoms with Gasteiger partial charge in [0.25, 0.3) is 5.91 Å². The average molecular weight is 338 g/mol. The molecule has 122 valence electrons. The van der Waals surface area contributed by atoms with Crippen LogP contribution in [0.2, 0.25) is 5.02 Å². The monoisotopic (exact) mass is 337 g/mol. The summed E-state index contributed by atoms with van der Waals surface area (Å²) in [5, 5.41) is 18.6. The van der Waals surface area contributed by atoms with Crippen molar-refractivity contribution in [2.45, 2.75) is 25.1 Å². The standard InChI is InChI=1S/C14H15ClF3NO3/c15-10-7-9(1-2-11(10)20)13(22)19-5-3-8(4-6-19)12(21)14(16,17)18/h1-2,7-8,12,20-21H,3-6H2. The van der Waals surface area contributed by atoms with Gasteiger partial charge in [0, 0.05) is 18.7 Å². The Hall–Kier alpha value is -1.47. The van der Waals surface area contributed by atoms with Crippen molar-refractivity contribution < 1.29 is 28.2 Å². The maximum atomic E-state index is 12.5. The van der Waals surface area contributed by atoms with E-state index < -0.39 is 18.2 Å². The number of carbonyl (C=O) groups is 1. The number of amides is 1. The van der Waals surface area contributed by atoms with E-state index in [1.807, 2.05) is 0 Å². The lowest BCUT2D eigenvalue weighted by Crippen LogP contribution is -2.45. The molecule has 0 aromatic heterocycles. The first kappa shape index (κ1) is 16.9. The Balaban J connectivity index is 1.99. The van der Waals surface area contributed by atoms with E-state index in [4.69, 9.17) is 11.6 Å². The first-order valence-electron chi connectivity index (χ1n) is 6.72. The van der Waals surface area contributed by atoms with Crippen LogP contribution >= 0.6 is 11.6 Å². The Kier molecular flexibility index (Phi) is 4.87. The van der Waals surface area contributed by atoms with Crippen LogP contribution in [-0.2, 0) is 0 Å². The highest BCUT2D eigenvalue weighted by molar-refractivity contribution is 6.32. The van der Waals surface area contributed by atoms with Crippen molar-refractivity contribution in [3.63, 3.8) is 0 Å². The molecular formula is C14H15ClF3NO3. The normalized spacial score (nSPS) is 18.3. The van der Waals surface area contributed by atoms with Crippen LogP contribution in [0.3, 0.4) is 0 Å². The summed E-state index contributed by atoms with van der Waals surface area (Å²) in [6, 6.07) is 4.01. The lowest BCUT2D eigenvalue weighted by Gasteiger charge is -2.34. The summed E-state index contributed by atoms with van der Waals surface area (Å²) < 4.78 is 37.4. The van der Waals surface area contributed by atoms with Gasteiger partial charge in [-0.2, -0.15) is 13.2 Å². The molecule has 0 radical (unpaired) electrons. The summed E-state index contributed by atoms with van der Waals surface area (Å²) in [7, 11) is 0. The molecule has 1 fully saturated rings. The van der Waals surface area contributed by atoms with Crippen molar-refractivity contribution in [3.05, 3.63) is 28.8 Å². The van der Waals surface area contributed by atoms with E-state index in [1.165, 1.54) is 23.1 Å². The fourth-order valence-electron chi connectivity index (χ4n) is 2.51. The molecule has 22 heavy (non-hydrogen) atoms. The largest absolute Gasteiger partial charge is 0.506 e. The molecule has 0 bridgehead atoms. The van der Waals surface area contributed by atoms with Gasteiger partial charge in [-0.25, -0.2) is 0 Å². The number of nitrogens with zero attached hydrogens (tertiary/aromatic N) is 1. The second-order valence-electron chi connectivity index (χ2n) is 5.28. The van der Waals surface area contributed by atoms with Gasteiger partial charge in [0.15, 0.2) is 6.10 Å². The van der Waals surface area contributed by atoms with Gasteiger partial charge in [-0.3, -0.25) is 4.79 Å². The van der Waals surface area contributed by atoms with Gasteiger partial charge in [0.2, 0.25) is 0 Å². The molecule has 0 saturated carbocycles. The van der Waals surface area contributed by atoms with E-state index >= 15 is 0 Å². The Morgan fingerprint density at radius 1 is 1.32 bits per heavy atom. The molecule has 1 saturated heterocycles. The number of halogens is 4. The molecule has 4 nitrogen and oxygen atoms in total. The minimum absolute atomic E-state index is 0.0354. The van der Waals surface area contributed by atoms with Gasteiger partial charge in [-0.1, -0.05) is 11.6 Å². The number of phenolic OH excluding ortho intramolecular Hbond substituents is 1. The molecule has 1 aliphatic rings. The Bertz CT molecular complexity index is 557. The van der Waals surface area contributed by atoms with Gasteiger partial charge in [-0.05, 0) is 37.0 Å². The second-order valence-corrected chi connectivity index (χ2v) is 5.69. The molecule has 2 rings (SSSR count). The molecule has 8 heteroatoms. The van der Waals surface area contributed by atoms with Crippen molar-refractivity contribution in [2.24, 2.45) is 5.92 Å². The number of phenols is 1. The highest BCUT2D eigenvalue weighted by Crippen LogP contribution is 2.32. The number of alkyl halides is 3. The van der Waals surface area contributed by atoms with Crippen molar-refractivity contribution in [1.29, 1.82) is 0 Å². The molecule has 1 atom stereocenters. The number of rotatable bonds is 2. The summed E-state index contributed by atoms with van der Waals surface area (Å²) in [6.07, 6.45) is -6.83. The zero-order valence-corrected chi connectivity index (χ0v) is 12.2. The van der Waals surface area contributed by atoms with Crippen LogP contribution in [0.25, 0.3) is 0 Å². The maximum absolute atomic E-state index is 12.5. The lowest BCUT2D eigenvalue weighted by molar-refractivity contribution is -0.222. The van der Waals surface area contributed by atoms with Crippen LogP contribution in [0.1, 0.15) is 23.2 Å². The van der Waals surface area contributed by atoms with E-state index in [1.54, 1.807) is 0 Å². The third kappa shape index (κ3) is 3.64. The number of aliphatic hydroxyl groups excluding tert-OH is 1. The van der Waals surface area contributed by atoms with Crippen molar-refractivity contribution in [1.82, 2.24) is 4.90 Å². The first-order valence-corrected chi connectivity index (χ1v) is 7.10. The van der Waals surface area contributed by atoms with Crippen LogP contribution < -0.4 is 0 Å². The zero-order valence-electron chi connectivity index (χ0n) is 11.5. The maximum Gasteiger partial charge on any atom is 0.414 e. The quantitative estimate of drug-likeness (QED) is 0.872. The SMILES string of the molecule is O=C(c1ccc(O)c(Cl)c1)N1CCC(C(O)C(F)(F)F)CC1. The summed E-state index contributed by atoms with van der Waals surface area (Å²) in [5.74, 6) is -1.40. The molecule has 0 aliphatic carbocycles. The molecule has 1 aromatic rings. The predicted molar refractivity (Wildman–Crippen MR) is 73.8 cm³/mol. The number of aliphatic hydroxyl groups is 1. The highest BCUT2D eigenvalue weighted by Gasteiger charge is 2.44. The molecule has 1 heterocycles. The third-order valence-corrected chi connectivity index (χ3v) is 4.11. The predicted octanol–water partition coefficient (Wildman–Crippen LogP) is 2.82. The number of carbonyl (C=O) groups excluding carboxylic acids is 1. The Morgan fingerprint density at radius 2 is 1.91 bits per heavy atom. The zero-order chi connectivity index (χ0) is 16.5. The third-order valence-electron chi connectivity index (χ3n) is 3.80. The number of aromatic hydroxyl groups is 1. The minimum atomic E-state index is -4.64. The van der Waals surface area contributed by atoms with E-state index in [0.717, 1.165) is 0 Å². The molecule has 0 spiro atoms. The molecule has 2 N–H and O–H groups in total. The van der Waals surface area contributed by atoms with Crippen LogP contribution in [0.4, 0.5) is 13.2 Å². The lowest BCUT2D eigenvalue weighted by atomic mass is 9.90. The highest BCUT2D eigenvalue weighted by atomic mass is 35.5. The van der Waals surface area contributed by atoms with Gasteiger partial charge < -0.3 is 15.1 Å². The summed E-state index contributed by atoms with van der Waals surface area (Å²) >= 11 is 5.73. The molecule has 1 unspecified atom stereocenters. The molecular weight excluding hydrogens is 323 g/mol. The minimum Gasteiger partial charge on any atom is -0.506 e. The van der Waals surface area contributed by atoms with Crippen LogP contribution in [0.5, 0.6) is 5.75 Å². The van der Waals surface area contributed by atoms with E-state index in [2.05, 4.69) is 0 Å². The summed E-state index contributed by atoms with van der Waals surface area (Å²) in [6.45, 7) is 0.268. The summed E-state index contributed by atoms with van der Waals surface area (Å²) in [4.78, 5) is 13.7. The van der Waals surface area contributed by atoms with E-state index in [-0.39, 0.29) is 48.2 Å². The molecule has 1 amide bonds. The van der Waals surface area contributed by atoms with Crippen molar-refractivity contribution in [2.75, 3.05) is 13.1 Å². The van der Waals surface area contributed by atoms with Crippen molar-refractivity contribution >= 4 is 17.5 Å². The number of hydrogen-bond donors (Lipinski definition) is 2. The summed E-state index contributed by atoms with van der Waals surface area (Å²) in [5.41, 5.74) is 0.262. The topological polar surface area (TPSA) is 60.8 Å². The Labute approximate surface area is 130 Å². The van der Waals surface area contributed by atoms with Crippen LogP contribution in [0.15, 0.2) is 18.2 Å². The van der Waals surface area contributed by atoms with E-state index in [9.17, 15) is 28.2 Å². The van der Waals surface area contributed by atoms with Crippen LogP contribution in [-0.4, -0.2) is 46.4 Å². The fourth-order valence-corrected chi connectivity index (χ4v) is 2.69. The molecule has 1 aromatic carbocycles.